The number of fused-ring (bicyclic) bond motifs is 1. The smallest absolute Gasteiger partial charge is 0.274 e. The summed E-state index contributed by atoms with van der Waals surface area (Å²) < 4.78 is 0. The van der Waals surface area contributed by atoms with Crippen LogP contribution >= 0.6 is 0 Å². The Kier molecular flexibility index (Phi) is 9.02. The lowest BCUT2D eigenvalue weighted by atomic mass is 9.94. The van der Waals surface area contributed by atoms with Crippen molar-refractivity contribution in [1.29, 1.82) is 0 Å². The van der Waals surface area contributed by atoms with Crippen LogP contribution in [0.3, 0.4) is 0 Å². The maximum Gasteiger partial charge on any atom is 0.274 e. The van der Waals surface area contributed by atoms with Gasteiger partial charge in [0.2, 0.25) is 0 Å². The first-order chi connectivity index (χ1) is 20.4. The second kappa shape index (κ2) is 13.0. The topological polar surface area (TPSA) is 128 Å². The van der Waals surface area contributed by atoms with Crippen LogP contribution in [0.25, 0.3) is 11.1 Å². The van der Waals surface area contributed by atoms with E-state index in [4.69, 9.17) is 5.11 Å². The van der Waals surface area contributed by atoms with E-state index in [1.54, 1.807) is 12.3 Å². The van der Waals surface area contributed by atoms with Gasteiger partial charge in [0.05, 0.1) is 12.3 Å². The summed E-state index contributed by atoms with van der Waals surface area (Å²) in [6.45, 7) is 8.70. The Morgan fingerprint density at radius 2 is 1.57 bits per heavy atom. The van der Waals surface area contributed by atoms with Gasteiger partial charge in [0.1, 0.15) is 11.4 Å². The summed E-state index contributed by atoms with van der Waals surface area (Å²) in [5, 5.41) is 21.4. The number of hydrogen-bond acceptors (Lipinski definition) is 7. The van der Waals surface area contributed by atoms with E-state index in [0.717, 1.165) is 52.0 Å². The van der Waals surface area contributed by atoms with Gasteiger partial charge >= 0.3 is 0 Å². The standard InChI is InChI=1S/C33H36N6O3/c1-20-16-30(37-31-19-34-13-12-24(20)31)33(42)39-28-9-5-7-26(22(28)3)25-6-4-8-27(21(25)2)38-32(41)29-11-10-23(18-36-29)17-35-14-15-40/h4-11,16,18,34-35,40H,12-15,17,19H2,1-3H3,(H,38,41)(H,39,42). The number of nitrogens with zero attached hydrogens (tertiary/aromatic N) is 2. The molecule has 9 heteroatoms. The number of aliphatic hydroxyl groups excluding tert-OH is 1. The number of hydrogen-bond donors (Lipinski definition) is 5. The van der Waals surface area contributed by atoms with Gasteiger partial charge in [-0.2, -0.15) is 0 Å². The number of carbonyl (C=O) groups excluding carboxylic acids is 2. The molecule has 0 fully saturated rings. The van der Waals surface area contributed by atoms with Crippen molar-refractivity contribution in [3.8, 4) is 11.1 Å². The molecule has 3 heterocycles. The quantitative estimate of drug-likeness (QED) is 0.192. The second-order valence-electron chi connectivity index (χ2n) is 10.5. The predicted octanol–water partition coefficient (Wildman–Crippen LogP) is 4.30. The minimum atomic E-state index is -0.300. The molecule has 0 aliphatic carbocycles. The highest BCUT2D eigenvalue weighted by Crippen LogP contribution is 2.34. The Balaban J connectivity index is 1.33. The van der Waals surface area contributed by atoms with Crippen LogP contribution in [0.4, 0.5) is 11.4 Å². The third kappa shape index (κ3) is 6.38. The van der Waals surface area contributed by atoms with Gasteiger partial charge in [-0.3, -0.25) is 14.6 Å². The third-order valence-corrected chi connectivity index (χ3v) is 7.64. The Hall–Kier alpha value is -4.44. The molecule has 0 saturated carbocycles. The van der Waals surface area contributed by atoms with Crippen molar-refractivity contribution in [1.82, 2.24) is 20.6 Å². The minimum Gasteiger partial charge on any atom is -0.395 e. The summed E-state index contributed by atoms with van der Waals surface area (Å²) in [5.41, 5.74) is 10.0. The summed E-state index contributed by atoms with van der Waals surface area (Å²) >= 11 is 0. The predicted molar refractivity (Wildman–Crippen MR) is 165 cm³/mol. The first-order valence-corrected chi connectivity index (χ1v) is 14.1. The molecule has 5 rings (SSSR count). The van der Waals surface area contributed by atoms with Crippen molar-refractivity contribution in [2.75, 3.05) is 30.3 Å². The summed E-state index contributed by atoms with van der Waals surface area (Å²) in [6.07, 6.45) is 2.58. The lowest BCUT2D eigenvalue weighted by molar-refractivity contribution is 0.101. The van der Waals surface area contributed by atoms with Crippen molar-refractivity contribution in [3.05, 3.63) is 106 Å². The molecule has 0 atom stereocenters. The average molecular weight is 565 g/mol. The van der Waals surface area contributed by atoms with Crippen LogP contribution in [0.15, 0.2) is 60.8 Å². The van der Waals surface area contributed by atoms with Crippen LogP contribution in [-0.4, -0.2) is 46.6 Å². The van der Waals surface area contributed by atoms with E-state index in [1.807, 2.05) is 69.3 Å². The highest BCUT2D eigenvalue weighted by molar-refractivity contribution is 6.05. The molecular formula is C33H36N6O3. The van der Waals surface area contributed by atoms with Crippen LogP contribution in [0.5, 0.6) is 0 Å². The van der Waals surface area contributed by atoms with E-state index in [-0.39, 0.29) is 18.4 Å². The maximum atomic E-state index is 13.3. The number of nitrogens with one attached hydrogen (secondary N) is 4. The van der Waals surface area contributed by atoms with E-state index in [9.17, 15) is 9.59 Å². The molecule has 216 valence electrons. The molecule has 9 nitrogen and oxygen atoms in total. The monoisotopic (exact) mass is 564 g/mol. The van der Waals surface area contributed by atoms with Crippen LogP contribution in [-0.2, 0) is 19.5 Å². The van der Waals surface area contributed by atoms with Crippen molar-refractivity contribution in [3.63, 3.8) is 0 Å². The number of carbonyl (C=O) groups is 2. The van der Waals surface area contributed by atoms with Crippen LogP contribution in [0.2, 0.25) is 0 Å². The molecule has 5 N–H and O–H groups in total. The van der Waals surface area contributed by atoms with Crippen molar-refractivity contribution in [2.45, 2.75) is 40.3 Å². The van der Waals surface area contributed by atoms with Crippen LogP contribution in [0, 0.1) is 20.8 Å². The average Bonchev–Trinajstić information content (AvgIpc) is 3.00. The number of aryl methyl sites for hydroxylation is 1. The Morgan fingerprint density at radius 1 is 0.905 bits per heavy atom. The minimum absolute atomic E-state index is 0.0647. The van der Waals surface area contributed by atoms with Crippen LogP contribution in [0.1, 0.15) is 54.5 Å². The van der Waals surface area contributed by atoms with E-state index in [1.165, 1.54) is 5.56 Å². The lowest BCUT2D eigenvalue weighted by Gasteiger charge is -2.20. The highest BCUT2D eigenvalue weighted by atomic mass is 16.3. The first kappa shape index (κ1) is 29.1. The summed E-state index contributed by atoms with van der Waals surface area (Å²) in [7, 11) is 0. The third-order valence-electron chi connectivity index (χ3n) is 7.64. The van der Waals surface area contributed by atoms with Crippen LogP contribution < -0.4 is 21.3 Å². The van der Waals surface area contributed by atoms with Gasteiger partial charge in [0.15, 0.2) is 0 Å². The second-order valence-corrected chi connectivity index (χ2v) is 10.5. The number of rotatable bonds is 9. The molecule has 2 aromatic carbocycles. The first-order valence-electron chi connectivity index (χ1n) is 14.1. The largest absolute Gasteiger partial charge is 0.395 e. The summed E-state index contributed by atoms with van der Waals surface area (Å²) in [5.74, 6) is -0.543. The molecule has 0 spiro atoms. The van der Waals surface area contributed by atoms with Gasteiger partial charge in [0, 0.05) is 37.2 Å². The number of anilines is 2. The molecule has 1 aliphatic heterocycles. The number of amides is 2. The number of benzene rings is 2. The number of aliphatic hydroxyl groups is 1. The Morgan fingerprint density at radius 3 is 2.19 bits per heavy atom. The molecule has 0 unspecified atom stereocenters. The molecular weight excluding hydrogens is 528 g/mol. The van der Waals surface area contributed by atoms with Gasteiger partial charge in [-0.05, 0) is 96.9 Å². The molecule has 42 heavy (non-hydrogen) atoms. The van der Waals surface area contributed by atoms with E-state index in [2.05, 4.69) is 31.2 Å². The zero-order chi connectivity index (χ0) is 29.6. The van der Waals surface area contributed by atoms with Gasteiger partial charge in [-0.25, -0.2) is 4.98 Å². The highest BCUT2D eigenvalue weighted by Gasteiger charge is 2.19. The zero-order valence-corrected chi connectivity index (χ0v) is 24.2. The maximum absolute atomic E-state index is 13.3. The van der Waals surface area contributed by atoms with Crippen molar-refractivity contribution >= 4 is 23.2 Å². The fraction of sp³-hybridized carbons (Fsp3) is 0.273. The molecule has 2 amide bonds. The zero-order valence-electron chi connectivity index (χ0n) is 24.2. The molecule has 0 bridgehead atoms. The fourth-order valence-corrected chi connectivity index (χ4v) is 5.26. The molecule has 2 aromatic heterocycles. The fourth-order valence-electron chi connectivity index (χ4n) is 5.26. The SMILES string of the molecule is Cc1cc(C(=O)Nc2cccc(-c3cccc(NC(=O)c4ccc(CNCCO)cn4)c3C)c2C)nc2c1CCNC2. The molecule has 1 aliphatic rings. The van der Waals surface area contributed by atoms with Crippen molar-refractivity contribution in [2.24, 2.45) is 0 Å². The number of pyridine rings is 2. The normalized spacial score (nSPS) is 12.5. The van der Waals surface area contributed by atoms with E-state index >= 15 is 0 Å². The van der Waals surface area contributed by atoms with E-state index in [0.29, 0.717) is 42.4 Å². The Bertz CT molecular complexity index is 1620. The van der Waals surface area contributed by atoms with Crippen molar-refractivity contribution < 1.29 is 14.7 Å². The van der Waals surface area contributed by atoms with Gasteiger partial charge in [0.25, 0.3) is 11.8 Å². The Labute approximate surface area is 245 Å². The summed E-state index contributed by atoms with van der Waals surface area (Å²) in [4.78, 5) is 35.2. The molecule has 0 radical (unpaired) electrons. The number of aromatic nitrogens is 2. The lowest BCUT2D eigenvalue weighted by Crippen LogP contribution is -2.27. The molecule has 0 saturated heterocycles. The van der Waals surface area contributed by atoms with Gasteiger partial charge < -0.3 is 26.4 Å². The van der Waals surface area contributed by atoms with Gasteiger partial charge in [-0.1, -0.05) is 30.3 Å². The van der Waals surface area contributed by atoms with E-state index < -0.39 is 0 Å². The van der Waals surface area contributed by atoms with Gasteiger partial charge in [-0.15, -0.1) is 0 Å². The summed E-state index contributed by atoms with van der Waals surface area (Å²) in [6, 6.07) is 17.0. The molecule has 4 aromatic rings.